The highest BCUT2D eigenvalue weighted by Gasteiger charge is 2.18. The minimum Gasteiger partial charge on any atom is -0.496 e. The van der Waals surface area contributed by atoms with Gasteiger partial charge in [0.2, 0.25) is 5.91 Å². The van der Waals surface area contributed by atoms with Crippen LogP contribution in [0.15, 0.2) is 148 Å². The minimum absolute atomic E-state index is 0.00744. The lowest BCUT2D eigenvalue weighted by molar-refractivity contribution is -0.115. The molecule has 244 valence electrons. The molecule has 9 heteroatoms. The number of benzene rings is 5. The Morgan fingerprint density at radius 3 is 2.27 bits per heavy atom. The maximum Gasteiger partial charge on any atom is 0.272 e. The summed E-state index contributed by atoms with van der Waals surface area (Å²) in [5.74, 6) is 0.454. The van der Waals surface area contributed by atoms with Crippen LogP contribution < -0.4 is 20.7 Å². The Hall–Kier alpha value is -6.06. The standard InChI is InChI=1S/C40H33N3O5S/c1-26(38(44)42-34-17-10-14-27-11-6-7-15-32(27)34)49-31-22-19-29(20-23-31)41-40(46)35(43-39(45)28-12-4-3-5-13-28)25-30-21-24-37(48-30)33-16-8-9-18-36(33)47-2/h3-26H,1-2H3,(H,41,46)(H,42,44)(H,43,45)/b35-25+/t26-/m1/s1. The fourth-order valence-electron chi connectivity index (χ4n) is 5.15. The molecule has 0 saturated carbocycles. The van der Waals surface area contributed by atoms with Crippen molar-refractivity contribution in [3.05, 3.63) is 150 Å². The van der Waals surface area contributed by atoms with E-state index in [1.807, 2.05) is 91.9 Å². The van der Waals surface area contributed by atoms with E-state index in [0.717, 1.165) is 26.9 Å². The molecule has 0 aliphatic rings. The number of rotatable bonds is 11. The largest absolute Gasteiger partial charge is 0.496 e. The summed E-state index contributed by atoms with van der Waals surface area (Å²) in [6.45, 7) is 1.85. The van der Waals surface area contributed by atoms with Gasteiger partial charge in [-0.05, 0) is 79.0 Å². The van der Waals surface area contributed by atoms with E-state index in [-0.39, 0.29) is 16.9 Å². The normalized spacial score (nSPS) is 11.8. The molecule has 8 nitrogen and oxygen atoms in total. The number of hydrogen-bond acceptors (Lipinski definition) is 6. The van der Waals surface area contributed by atoms with Crippen molar-refractivity contribution < 1.29 is 23.5 Å². The van der Waals surface area contributed by atoms with E-state index < -0.39 is 11.8 Å². The molecule has 0 unspecified atom stereocenters. The van der Waals surface area contributed by atoms with Gasteiger partial charge in [-0.3, -0.25) is 14.4 Å². The molecule has 6 rings (SSSR count). The van der Waals surface area contributed by atoms with Crippen LogP contribution in [0.2, 0.25) is 0 Å². The predicted octanol–water partition coefficient (Wildman–Crippen LogP) is 8.64. The summed E-state index contributed by atoms with van der Waals surface area (Å²) in [6.07, 6.45) is 1.48. The van der Waals surface area contributed by atoms with Crippen molar-refractivity contribution in [3.63, 3.8) is 0 Å². The van der Waals surface area contributed by atoms with E-state index in [4.69, 9.17) is 9.15 Å². The van der Waals surface area contributed by atoms with Crippen LogP contribution in [-0.4, -0.2) is 30.1 Å². The van der Waals surface area contributed by atoms with Crippen LogP contribution in [0.1, 0.15) is 23.0 Å². The fraction of sp³-hybridized carbons (Fsp3) is 0.0750. The number of hydrogen-bond donors (Lipinski definition) is 3. The third-order valence-corrected chi connectivity index (χ3v) is 8.77. The van der Waals surface area contributed by atoms with Crippen molar-refractivity contribution in [3.8, 4) is 17.1 Å². The average molecular weight is 668 g/mol. The van der Waals surface area contributed by atoms with E-state index in [0.29, 0.717) is 28.5 Å². The number of methoxy groups -OCH3 is 1. The molecule has 49 heavy (non-hydrogen) atoms. The molecule has 1 atom stereocenters. The average Bonchev–Trinajstić information content (AvgIpc) is 3.61. The van der Waals surface area contributed by atoms with Gasteiger partial charge in [-0.2, -0.15) is 0 Å². The molecule has 3 amide bonds. The second kappa shape index (κ2) is 15.2. The summed E-state index contributed by atoms with van der Waals surface area (Å²) in [7, 11) is 1.58. The third-order valence-electron chi connectivity index (χ3n) is 7.66. The van der Waals surface area contributed by atoms with Crippen molar-refractivity contribution in [1.29, 1.82) is 0 Å². The second-order valence-corrected chi connectivity index (χ2v) is 12.4. The molecule has 0 fully saturated rings. The van der Waals surface area contributed by atoms with Crippen LogP contribution in [0.3, 0.4) is 0 Å². The quantitative estimate of drug-likeness (QED) is 0.0943. The molecule has 1 heterocycles. The first-order valence-corrected chi connectivity index (χ1v) is 16.4. The Bertz CT molecular complexity index is 2140. The van der Waals surface area contributed by atoms with Gasteiger partial charge in [0.25, 0.3) is 11.8 Å². The highest BCUT2D eigenvalue weighted by Crippen LogP contribution is 2.32. The van der Waals surface area contributed by atoms with Gasteiger partial charge in [0.05, 0.1) is 17.9 Å². The molecule has 1 aromatic heterocycles. The van der Waals surface area contributed by atoms with E-state index in [1.54, 1.807) is 55.6 Å². The highest BCUT2D eigenvalue weighted by atomic mass is 32.2. The molecule has 5 aromatic carbocycles. The third kappa shape index (κ3) is 8.09. The maximum atomic E-state index is 13.6. The fourth-order valence-corrected chi connectivity index (χ4v) is 6.02. The zero-order valence-corrected chi connectivity index (χ0v) is 27.6. The number of carbonyl (C=O) groups excluding carboxylic acids is 3. The van der Waals surface area contributed by atoms with E-state index in [2.05, 4.69) is 16.0 Å². The number of fused-ring (bicyclic) bond motifs is 1. The number of anilines is 2. The lowest BCUT2D eigenvalue weighted by atomic mass is 10.1. The summed E-state index contributed by atoms with van der Waals surface area (Å²) in [4.78, 5) is 40.6. The Balaban J connectivity index is 1.15. The van der Waals surface area contributed by atoms with Crippen LogP contribution in [0.25, 0.3) is 28.2 Å². The topological polar surface area (TPSA) is 110 Å². The number of nitrogens with one attached hydrogen (secondary N) is 3. The van der Waals surface area contributed by atoms with Gasteiger partial charge in [0, 0.05) is 33.3 Å². The maximum absolute atomic E-state index is 13.6. The van der Waals surface area contributed by atoms with Crippen LogP contribution in [0.4, 0.5) is 11.4 Å². The molecular weight excluding hydrogens is 635 g/mol. The summed E-state index contributed by atoms with van der Waals surface area (Å²) >= 11 is 1.41. The minimum atomic E-state index is -0.539. The van der Waals surface area contributed by atoms with Crippen LogP contribution in [0.5, 0.6) is 5.75 Å². The SMILES string of the molecule is COc1ccccc1-c1ccc(/C=C(/NC(=O)c2ccccc2)C(=O)Nc2ccc(S[C@H](C)C(=O)Nc3cccc4ccccc34)cc2)o1. The Morgan fingerprint density at radius 2 is 1.47 bits per heavy atom. The van der Waals surface area contributed by atoms with Gasteiger partial charge >= 0.3 is 0 Å². The van der Waals surface area contributed by atoms with E-state index in [1.165, 1.54) is 17.8 Å². The van der Waals surface area contributed by atoms with Gasteiger partial charge in [-0.15, -0.1) is 11.8 Å². The zero-order chi connectivity index (χ0) is 34.2. The van der Waals surface area contributed by atoms with Crippen molar-refractivity contribution in [1.82, 2.24) is 5.32 Å². The van der Waals surface area contributed by atoms with E-state index in [9.17, 15) is 14.4 Å². The number of amides is 3. The molecule has 0 aliphatic carbocycles. The van der Waals surface area contributed by atoms with Gasteiger partial charge in [-0.1, -0.05) is 66.7 Å². The lowest BCUT2D eigenvalue weighted by Gasteiger charge is -2.14. The number of thioether (sulfide) groups is 1. The first-order valence-electron chi connectivity index (χ1n) is 15.6. The van der Waals surface area contributed by atoms with Gasteiger partial charge in [0.1, 0.15) is 23.0 Å². The summed E-state index contributed by atoms with van der Waals surface area (Å²) < 4.78 is 11.5. The summed E-state index contributed by atoms with van der Waals surface area (Å²) in [6, 6.07) is 40.5. The molecule has 0 aliphatic heterocycles. The zero-order valence-electron chi connectivity index (χ0n) is 26.8. The van der Waals surface area contributed by atoms with Crippen molar-refractivity contribution in [2.24, 2.45) is 0 Å². The number of ether oxygens (including phenoxy) is 1. The van der Waals surface area contributed by atoms with Crippen LogP contribution in [-0.2, 0) is 9.59 Å². The van der Waals surface area contributed by atoms with Crippen LogP contribution in [0, 0.1) is 0 Å². The van der Waals surface area contributed by atoms with Crippen molar-refractivity contribution in [2.75, 3.05) is 17.7 Å². The van der Waals surface area contributed by atoms with Gasteiger partial charge < -0.3 is 25.1 Å². The molecule has 3 N–H and O–H groups in total. The molecule has 0 radical (unpaired) electrons. The molecule has 0 saturated heterocycles. The summed E-state index contributed by atoms with van der Waals surface area (Å²) in [5, 5.41) is 10.3. The number of carbonyl (C=O) groups is 3. The van der Waals surface area contributed by atoms with Crippen molar-refractivity contribution in [2.45, 2.75) is 17.1 Å². The Kier molecular flexibility index (Phi) is 10.2. The molecule has 0 spiro atoms. The number of para-hydroxylation sites is 1. The lowest BCUT2D eigenvalue weighted by Crippen LogP contribution is -2.30. The first-order chi connectivity index (χ1) is 23.9. The Labute approximate surface area is 288 Å². The summed E-state index contributed by atoms with van der Waals surface area (Å²) in [5.41, 5.74) is 2.42. The van der Waals surface area contributed by atoms with Crippen molar-refractivity contribution >= 4 is 57.7 Å². The first kappa shape index (κ1) is 32.9. The van der Waals surface area contributed by atoms with Gasteiger partial charge in [-0.25, -0.2) is 0 Å². The monoisotopic (exact) mass is 667 g/mol. The Morgan fingerprint density at radius 1 is 0.755 bits per heavy atom. The highest BCUT2D eigenvalue weighted by molar-refractivity contribution is 8.00. The molecule has 0 bridgehead atoms. The van der Waals surface area contributed by atoms with Gasteiger partial charge in [0.15, 0.2) is 0 Å². The second-order valence-electron chi connectivity index (χ2n) is 11.0. The number of furan rings is 1. The smallest absolute Gasteiger partial charge is 0.272 e. The van der Waals surface area contributed by atoms with E-state index >= 15 is 0 Å². The predicted molar refractivity (Wildman–Crippen MR) is 196 cm³/mol. The molecule has 6 aromatic rings. The van der Waals surface area contributed by atoms with Crippen LogP contribution >= 0.6 is 11.8 Å². The molecular formula is C40H33N3O5S.